The van der Waals surface area contributed by atoms with Crippen molar-refractivity contribution in [1.82, 2.24) is 0 Å². The minimum atomic E-state index is -0.763. The Balaban J connectivity index is 4.32. The van der Waals surface area contributed by atoms with E-state index >= 15 is 0 Å². The molecule has 0 saturated heterocycles. The summed E-state index contributed by atoms with van der Waals surface area (Å²) in [7, 11) is 0. The van der Waals surface area contributed by atoms with Crippen molar-refractivity contribution in [2.45, 2.75) is 292 Å². The predicted molar refractivity (Wildman–Crippen MR) is 252 cm³/mol. The van der Waals surface area contributed by atoms with Gasteiger partial charge in [0.05, 0.1) is 0 Å². The Bertz CT molecular complexity index is 916. The summed E-state index contributed by atoms with van der Waals surface area (Å²) in [6.45, 7) is 13.7. The smallest absolute Gasteiger partial charge is 0.306 e. The van der Waals surface area contributed by atoms with Gasteiger partial charge >= 0.3 is 17.9 Å². The highest BCUT2D eigenvalue weighted by Gasteiger charge is 2.19. The topological polar surface area (TPSA) is 78.9 Å². The fourth-order valence-corrected chi connectivity index (χ4v) is 7.91. The first kappa shape index (κ1) is 57.4. The molecule has 0 aromatic heterocycles. The van der Waals surface area contributed by atoms with Crippen molar-refractivity contribution in [2.24, 2.45) is 17.8 Å². The minimum absolute atomic E-state index is 0.0652. The molecule has 59 heavy (non-hydrogen) atoms. The van der Waals surface area contributed by atoms with Crippen LogP contribution in [0.5, 0.6) is 0 Å². The Morgan fingerprint density at radius 2 is 0.593 bits per heavy atom. The molecule has 0 amide bonds. The van der Waals surface area contributed by atoms with Crippen LogP contribution >= 0.6 is 0 Å². The average molecular weight is 835 g/mol. The van der Waals surface area contributed by atoms with E-state index < -0.39 is 6.10 Å². The summed E-state index contributed by atoms with van der Waals surface area (Å²) in [4.78, 5) is 37.9. The van der Waals surface area contributed by atoms with Gasteiger partial charge in [0.1, 0.15) is 13.2 Å². The lowest BCUT2D eigenvalue weighted by Crippen LogP contribution is -2.30. The van der Waals surface area contributed by atoms with Crippen LogP contribution in [0.4, 0.5) is 0 Å². The first-order valence-electron chi connectivity index (χ1n) is 26.1. The van der Waals surface area contributed by atoms with Crippen LogP contribution in [0, 0.1) is 17.8 Å². The van der Waals surface area contributed by atoms with E-state index in [1.165, 1.54) is 167 Å². The van der Waals surface area contributed by atoms with Crippen LogP contribution in [-0.4, -0.2) is 37.2 Å². The summed E-state index contributed by atoms with van der Waals surface area (Å²) in [5.41, 5.74) is 0. The van der Waals surface area contributed by atoms with Crippen molar-refractivity contribution in [3.8, 4) is 0 Å². The molecule has 6 nitrogen and oxygen atoms in total. The summed E-state index contributed by atoms with van der Waals surface area (Å²) in [5, 5.41) is 0. The zero-order chi connectivity index (χ0) is 43.4. The SMILES string of the molecule is CCC(C)CCCCCCCCCCC(=O)OC[C@@H](COC(=O)CCCCCCCCCCCC(C)C)OC(=O)CCCCCCCCCCCCCCCCC(C)C. The molecular formula is C53H102O6. The summed E-state index contributed by atoms with van der Waals surface area (Å²) in [5.74, 6) is 1.65. The van der Waals surface area contributed by atoms with Gasteiger partial charge in [-0.15, -0.1) is 0 Å². The zero-order valence-electron chi connectivity index (χ0n) is 40.5. The lowest BCUT2D eigenvalue weighted by atomic mass is 9.99. The second-order valence-corrected chi connectivity index (χ2v) is 19.4. The largest absolute Gasteiger partial charge is 0.462 e. The molecule has 0 rings (SSSR count). The summed E-state index contributed by atoms with van der Waals surface area (Å²) >= 11 is 0. The van der Waals surface area contributed by atoms with Gasteiger partial charge < -0.3 is 14.2 Å². The van der Waals surface area contributed by atoms with Crippen LogP contribution in [0.25, 0.3) is 0 Å². The van der Waals surface area contributed by atoms with E-state index in [4.69, 9.17) is 14.2 Å². The number of hydrogen-bond donors (Lipinski definition) is 0. The van der Waals surface area contributed by atoms with Crippen molar-refractivity contribution >= 4 is 17.9 Å². The summed E-state index contributed by atoms with van der Waals surface area (Å²) < 4.78 is 16.8. The van der Waals surface area contributed by atoms with Crippen LogP contribution in [0.15, 0.2) is 0 Å². The van der Waals surface area contributed by atoms with E-state index in [-0.39, 0.29) is 31.1 Å². The molecule has 0 fully saturated rings. The molecule has 0 radical (unpaired) electrons. The maximum absolute atomic E-state index is 12.8. The number of carbonyl (C=O) groups excluding carboxylic acids is 3. The van der Waals surface area contributed by atoms with Gasteiger partial charge in [0.25, 0.3) is 0 Å². The lowest BCUT2D eigenvalue weighted by Gasteiger charge is -2.18. The molecule has 0 spiro atoms. The molecule has 0 N–H and O–H groups in total. The molecule has 0 bridgehead atoms. The Morgan fingerprint density at radius 3 is 0.881 bits per heavy atom. The van der Waals surface area contributed by atoms with E-state index in [0.717, 1.165) is 75.5 Å². The van der Waals surface area contributed by atoms with Gasteiger partial charge in [-0.2, -0.15) is 0 Å². The van der Waals surface area contributed by atoms with Gasteiger partial charge in [-0.05, 0) is 37.0 Å². The number of ether oxygens (including phenoxy) is 3. The van der Waals surface area contributed by atoms with E-state index in [1.54, 1.807) is 0 Å². The van der Waals surface area contributed by atoms with E-state index in [0.29, 0.717) is 19.3 Å². The van der Waals surface area contributed by atoms with E-state index in [1.807, 2.05) is 0 Å². The molecule has 1 unspecified atom stereocenters. The Hall–Kier alpha value is -1.59. The molecule has 0 aromatic rings. The van der Waals surface area contributed by atoms with Gasteiger partial charge in [-0.25, -0.2) is 0 Å². The van der Waals surface area contributed by atoms with Crippen LogP contribution in [0.3, 0.4) is 0 Å². The van der Waals surface area contributed by atoms with Gasteiger partial charge in [0.15, 0.2) is 6.10 Å². The van der Waals surface area contributed by atoms with Crippen molar-refractivity contribution in [3.05, 3.63) is 0 Å². The molecule has 350 valence electrons. The number of rotatable bonds is 46. The van der Waals surface area contributed by atoms with Gasteiger partial charge in [0.2, 0.25) is 0 Å². The Morgan fingerprint density at radius 1 is 0.339 bits per heavy atom. The fourth-order valence-electron chi connectivity index (χ4n) is 7.91. The third-order valence-electron chi connectivity index (χ3n) is 12.3. The quantitative estimate of drug-likeness (QED) is 0.0345. The van der Waals surface area contributed by atoms with Crippen molar-refractivity contribution < 1.29 is 28.6 Å². The number of unbranched alkanes of at least 4 members (excludes halogenated alkanes) is 28. The highest BCUT2D eigenvalue weighted by Crippen LogP contribution is 2.18. The van der Waals surface area contributed by atoms with Crippen molar-refractivity contribution in [1.29, 1.82) is 0 Å². The third-order valence-corrected chi connectivity index (χ3v) is 12.3. The highest BCUT2D eigenvalue weighted by atomic mass is 16.6. The molecule has 0 aliphatic heterocycles. The third kappa shape index (κ3) is 45.8. The van der Waals surface area contributed by atoms with Crippen LogP contribution in [0.1, 0.15) is 286 Å². The molecule has 0 heterocycles. The molecule has 6 heteroatoms. The molecule has 0 aromatic carbocycles. The van der Waals surface area contributed by atoms with Crippen LogP contribution < -0.4 is 0 Å². The Labute approximate surface area is 368 Å². The van der Waals surface area contributed by atoms with Crippen molar-refractivity contribution in [3.63, 3.8) is 0 Å². The molecule has 2 atom stereocenters. The predicted octanol–water partition coefficient (Wildman–Crippen LogP) is 16.8. The van der Waals surface area contributed by atoms with Gasteiger partial charge in [0, 0.05) is 19.3 Å². The fraction of sp³-hybridized carbons (Fsp3) is 0.943. The minimum Gasteiger partial charge on any atom is -0.462 e. The van der Waals surface area contributed by atoms with E-state index in [9.17, 15) is 14.4 Å². The lowest BCUT2D eigenvalue weighted by molar-refractivity contribution is -0.167. The molecule has 0 aliphatic rings. The standard InChI is InChI=1S/C53H102O6/c1-7-49(6)41-35-29-23-19-20-25-31-37-43-52(55)58-46-50(45-57-51(54)42-36-30-24-18-14-16-22-28-34-40-48(4)5)59-53(56)44-38-32-26-17-13-11-9-8-10-12-15-21-27-33-39-47(2)3/h47-50H,7-46H2,1-6H3/t49?,50-/m1/s1. The molecule has 0 aliphatic carbocycles. The molecule has 0 saturated carbocycles. The van der Waals surface area contributed by atoms with E-state index in [2.05, 4.69) is 41.5 Å². The highest BCUT2D eigenvalue weighted by molar-refractivity contribution is 5.71. The van der Waals surface area contributed by atoms with Gasteiger partial charge in [-0.1, -0.05) is 247 Å². The maximum Gasteiger partial charge on any atom is 0.306 e. The van der Waals surface area contributed by atoms with Crippen LogP contribution in [0.2, 0.25) is 0 Å². The maximum atomic E-state index is 12.8. The first-order valence-corrected chi connectivity index (χ1v) is 26.1. The Kier molecular flexibility index (Phi) is 43.3. The second kappa shape index (κ2) is 44.5. The van der Waals surface area contributed by atoms with Crippen LogP contribution in [-0.2, 0) is 28.6 Å². The zero-order valence-corrected chi connectivity index (χ0v) is 40.5. The number of carbonyl (C=O) groups is 3. The summed E-state index contributed by atoms with van der Waals surface area (Å²) in [6, 6.07) is 0. The van der Waals surface area contributed by atoms with Crippen molar-refractivity contribution in [2.75, 3.05) is 13.2 Å². The number of esters is 3. The first-order chi connectivity index (χ1) is 28.6. The number of hydrogen-bond acceptors (Lipinski definition) is 6. The average Bonchev–Trinajstić information content (AvgIpc) is 3.20. The summed E-state index contributed by atoms with van der Waals surface area (Å²) in [6.07, 6.45) is 43.7. The second-order valence-electron chi connectivity index (χ2n) is 19.4. The molecular weight excluding hydrogens is 733 g/mol. The normalized spacial score (nSPS) is 12.6. The van der Waals surface area contributed by atoms with Gasteiger partial charge in [-0.3, -0.25) is 14.4 Å². The monoisotopic (exact) mass is 835 g/mol.